The molecule has 0 amide bonds. The van der Waals surface area contributed by atoms with Gasteiger partial charge in [-0.2, -0.15) is 4.98 Å². The van der Waals surface area contributed by atoms with Crippen molar-refractivity contribution in [1.29, 1.82) is 0 Å². The number of rotatable bonds is 6. The number of pyridine rings is 1. The minimum Gasteiger partial charge on any atom is -0.480 e. The van der Waals surface area contributed by atoms with Gasteiger partial charge >= 0.3 is 5.69 Å². The summed E-state index contributed by atoms with van der Waals surface area (Å²) in [6, 6.07) is 3.58. The smallest absolute Gasteiger partial charge is 0.330 e. The lowest BCUT2D eigenvalue weighted by Crippen LogP contribution is -2.31. The van der Waals surface area contributed by atoms with E-state index in [-0.39, 0.29) is 24.9 Å². The predicted octanol–water partition coefficient (Wildman–Crippen LogP) is 1.08. The number of fused-ring (bicyclic) bond motifs is 1. The molecule has 148 valence electrons. The van der Waals surface area contributed by atoms with E-state index in [0.29, 0.717) is 41.9 Å². The third kappa shape index (κ3) is 3.32. The lowest BCUT2D eigenvalue weighted by Gasteiger charge is -2.22. The van der Waals surface area contributed by atoms with Crippen molar-refractivity contribution in [2.45, 2.75) is 25.4 Å². The summed E-state index contributed by atoms with van der Waals surface area (Å²) >= 11 is 0. The molecular formula is C18H22N6O4. The molecule has 0 bridgehead atoms. The molecule has 0 atom stereocenters. The Hall–Kier alpha value is -2.98. The Morgan fingerprint density at radius 1 is 1.36 bits per heavy atom. The Morgan fingerprint density at radius 2 is 2.18 bits per heavy atom. The fraction of sp³-hybridized carbons (Fsp3) is 0.444. The molecule has 10 heteroatoms. The molecule has 1 aliphatic rings. The minimum absolute atomic E-state index is 0.000582. The van der Waals surface area contributed by atoms with Crippen molar-refractivity contribution in [3.05, 3.63) is 35.0 Å². The number of ether oxygens (including phenoxy) is 2. The van der Waals surface area contributed by atoms with E-state index in [1.54, 1.807) is 23.0 Å². The van der Waals surface area contributed by atoms with Crippen molar-refractivity contribution in [2.75, 3.05) is 32.2 Å². The lowest BCUT2D eigenvalue weighted by atomic mass is 10.1. The molecule has 10 nitrogen and oxygen atoms in total. The SMILES string of the molecule is COc1ncccc1Nc1ncc2c(n1)n(C1CCOCC1)c(=O)n2CCO. The summed E-state index contributed by atoms with van der Waals surface area (Å²) in [4.78, 5) is 26.1. The summed E-state index contributed by atoms with van der Waals surface area (Å²) in [7, 11) is 1.54. The van der Waals surface area contributed by atoms with Gasteiger partial charge < -0.3 is 19.9 Å². The number of aliphatic hydroxyl groups excluding tert-OH is 1. The second-order valence-electron chi connectivity index (χ2n) is 6.46. The summed E-state index contributed by atoms with van der Waals surface area (Å²) < 4.78 is 13.9. The van der Waals surface area contributed by atoms with E-state index in [4.69, 9.17) is 9.47 Å². The third-order valence-electron chi connectivity index (χ3n) is 4.80. The maximum Gasteiger partial charge on any atom is 0.330 e. The van der Waals surface area contributed by atoms with E-state index in [1.165, 1.54) is 11.7 Å². The molecule has 0 aromatic carbocycles. The molecule has 2 N–H and O–H groups in total. The average molecular weight is 386 g/mol. The van der Waals surface area contributed by atoms with Crippen molar-refractivity contribution in [2.24, 2.45) is 0 Å². The first kappa shape index (κ1) is 18.4. The van der Waals surface area contributed by atoms with Crippen molar-refractivity contribution in [1.82, 2.24) is 24.1 Å². The predicted molar refractivity (Wildman–Crippen MR) is 102 cm³/mol. The van der Waals surface area contributed by atoms with Gasteiger partial charge in [-0.05, 0) is 25.0 Å². The van der Waals surface area contributed by atoms with E-state index in [9.17, 15) is 9.90 Å². The number of imidazole rings is 1. The third-order valence-corrected chi connectivity index (χ3v) is 4.80. The Morgan fingerprint density at radius 3 is 2.93 bits per heavy atom. The van der Waals surface area contributed by atoms with E-state index in [0.717, 1.165) is 12.8 Å². The molecule has 0 aliphatic carbocycles. The van der Waals surface area contributed by atoms with Gasteiger partial charge in [0.05, 0.1) is 26.5 Å². The van der Waals surface area contributed by atoms with Gasteiger partial charge in [0.25, 0.3) is 0 Å². The highest BCUT2D eigenvalue weighted by molar-refractivity contribution is 5.73. The highest BCUT2D eigenvalue weighted by Gasteiger charge is 2.24. The first-order valence-electron chi connectivity index (χ1n) is 9.15. The van der Waals surface area contributed by atoms with Crippen LogP contribution in [0.1, 0.15) is 18.9 Å². The van der Waals surface area contributed by atoms with Gasteiger partial charge in [0.1, 0.15) is 11.2 Å². The van der Waals surface area contributed by atoms with E-state index < -0.39 is 0 Å². The first-order valence-corrected chi connectivity index (χ1v) is 9.15. The molecule has 4 heterocycles. The molecule has 0 unspecified atom stereocenters. The number of nitrogens with one attached hydrogen (secondary N) is 1. The van der Waals surface area contributed by atoms with Crippen LogP contribution in [-0.2, 0) is 11.3 Å². The molecule has 28 heavy (non-hydrogen) atoms. The van der Waals surface area contributed by atoms with Crippen LogP contribution in [0.3, 0.4) is 0 Å². The fourth-order valence-corrected chi connectivity index (χ4v) is 3.48. The van der Waals surface area contributed by atoms with Crippen LogP contribution in [0.2, 0.25) is 0 Å². The molecule has 1 fully saturated rings. The quantitative estimate of drug-likeness (QED) is 0.647. The molecule has 0 radical (unpaired) electrons. The van der Waals surface area contributed by atoms with Crippen molar-refractivity contribution < 1.29 is 14.6 Å². The standard InChI is InChI=1S/C18H22N6O4/c1-27-16-13(3-2-6-19-16)21-17-20-11-14-15(22-17)24(12-4-9-28-10-5-12)18(26)23(14)7-8-25/h2-3,6,11-12,25H,4-5,7-10H2,1H3,(H,20,21,22). The number of methoxy groups -OCH3 is 1. The maximum absolute atomic E-state index is 13.0. The summed E-state index contributed by atoms with van der Waals surface area (Å²) in [5.41, 5.74) is 1.56. The number of anilines is 2. The number of aliphatic hydroxyl groups is 1. The van der Waals surface area contributed by atoms with Gasteiger partial charge in [-0.15, -0.1) is 0 Å². The van der Waals surface area contributed by atoms with Gasteiger partial charge in [-0.25, -0.2) is 14.8 Å². The topological polar surface area (TPSA) is 116 Å². The Kier molecular flexibility index (Phi) is 5.22. The average Bonchev–Trinajstić information content (AvgIpc) is 3.00. The van der Waals surface area contributed by atoms with Crippen LogP contribution in [0.15, 0.2) is 29.3 Å². The van der Waals surface area contributed by atoms with E-state index >= 15 is 0 Å². The molecule has 4 rings (SSSR count). The zero-order chi connectivity index (χ0) is 19.5. The fourth-order valence-electron chi connectivity index (χ4n) is 3.48. The van der Waals surface area contributed by atoms with Crippen LogP contribution in [0.4, 0.5) is 11.6 Å². The molecule has 3 aromatic rings. The largest absolute Gasteiger partial charge is 0.480 e. The number of nitrogens with zero attached hydrogens (tertiary/aromatic N) is 5. The van der Waals surface area contributed by atoms with Crippen LogP contribution in [0.25, 0.3) is 11.2 Å². The lowest BCUT2D eigenvalue weighted by molar-refractivity contribution is 0.0694. The van der Waals surface area contributed by atoms with E-state index in [2.05, 4.69) is 20.3 Å². The number of aromatic nitrogens is 5. The van der Waals surface area contributed by atoms with Crippen molar-refractivity contribution in [3.63, 3.8) is 0 Å². The second-order valence-corrected chi connectivity index (χ2v) is 6.46. The van der Waals surface area contributed by atoms with Crippen molar-refractivity contribution >= 4 is 22.8 Å². The highest BCUT2D eigenvalue weighted by Crippen LogP contribution is 2.26. The molecule has 1 saturated heterocycles. The van der Waals surface area contributed by atoms with E-state index in [1.807, 2.05) is 6.07 Å². The van der Waals surface area contributed by atoms with Crippen molar-refractivity contribution in [3.8, 4) is 5.88 Å². The van der Waals surface area contributed by atoms with Gasteiger partial charge in [0.2, 0.25) is 11.8 Å². The van der Waals surface area contributed by atoms with Crippen LogP contribution < -0.4 is 15.7 Å². The summed E-state index contributed by atoms with van der Waals surface area (Å²) in [6.07, 6.45) is 4.70. The van der Waals surface area contributed by atoms with Gasteiger partial charge in [-0.1, -0.05) is 0 Å². The number of hydrogen-bond acceptors (Lipinski definition) is 8. The Balaban J connectivity index is 1.80. The second kappa shape index (κ2) is 7.95. The molecular weight excluding hydrogens is 364 g/mol. The summed E-state index contributed by atoms with van der Waals surface area (Å²) in [6.45, 7) is 1.26. The van der Waals surface area contributed by atoms with Crippen LogP contribution in [0, 0.1) is 0 Å². The molecule has 0 spiro atoms. The maximum atomic E-state index is 13.0. The van der Waals surface area contributed by atoms with Crippen LogP contribution >= 0.6 is 0 Å². The first-order chi connectivity index (χ1) is 13.7. The minimum atomic E-state index is -0.193. The normalized spacial score (nSPS) is 15.1. The summed E-state index contributed by atoms with van der Waals surface area (Å²) in [5, 5.41) is 12.5. The monoisotopic (exact) mass is 386 g/mol. The molecule has 3 aromatic heterocycles. The van der Waals surface area contributed by atoms with Gasteiger partial charge in [0, 0.05) is 25.5 Å². The molecule has 1 aliphatic heterocycles. The molecule has 0 saturated carbocycles. The highest BCUT2D eigenvalue weighted by atomic mass is 16.5. The van der Waals surface area contributed by atoms with Gasteiger partial charge in [0.15, 0.2) is 5.65 Å². The zero-order valence-corrected chi connectivity index (χ0v) is 15.5. The number of hydrogen-bond donors (Lipinski definition) is 2. The van der Waals surface area contributed by atoms with Crippen LogP contribution in [-0.4, -0.2) is 56.1 Å². The zero-order valence-electron chi connectivity index (χ0n) is 15.5. The Bertz CT molecular complexity index is 1020. The van der Waals surface area contributed by atoms with Crippen LogP contribution in [0.5, 0.6) is 5.88 Å². The Labute approximate surface area is 160 Å². The summed E-state index contributed by atoms with van der Waals surface area (Å²) in [5.74, 6) is 0.756. The van der Waals surface area contributed by atoms with Gasteiger partial charge in [-0.3, -0.25) is 9.13 Å².